The van der Waals surface area contributed by atoms with Gasteiger partial charge in [-0.05, 0) is 22.2 Å². The van der Waals surface area contributed by atoms with Gasteiger partial charge >= 0.3 is 0 Å². The molecule has 0 radical (unpaired) electrons. The second kappa shape index (κ2) is 6.84. The van der Waals surface area contributed by atoms with Crippen molar-refractivity contribution in [1.82, 2.24) is 0 Å². The van der Waals surface area contributed by atoms with Gasteiger partial charge in [0, 0.05) is 0 Å². The quantitative estimate of drug-likeness (QED) is 0.334. The van der Waals surface area contributed by atoms with Gasteiger partial charge in [-0.25, -0.2) is 0 Å². The van der Waals surface area contributed by atoms with Gasteiger partial charge < -0.3 is 0 Å². The second-order valence-electron chi connectivity index (χ2n) is 6.40. The van der Waals surface area contributed by atoms with Crippen molar-refractivity contribution in [3.05, 3.63) is 0 Å². The summed E-state index contributed by atoms with van der Waals surface area (Å²) >= 11 is 13.7. The zero-order chi connectivity index (χ0) is 14.7. The van der Waals surface area contributed by atoms with Crippen LogP contribution in [0, 0.1) is 11.1 Å². The van der Waals surface area contributed by atoms with Crippen molar-refractivity contribution in [3.8, 4) is 11.1 Å². The van der Waals surface area contributed by atoms with Gasteiger partial charge in [-0.15, -0.1) is 33.2 Å². The summed E-state index contributed by atoms with van der Waals surface area (Å²) in [7, 11) is -4.09. The van der Waals surface area contributed by atoms with E-state index in [4.69, 9.17) is 22.2 Å². The average molecular weight is 323 g/mol. The fourth-order valence-corrected chi connectivity index (χ4v) is 8.31. The van der Waals surface area contributed by atoms with E-state index in [1.165, 1.54) is 0 Å². The van der Waals surface area contributed by atoms with Crippen molar-refractivity contribution in [2.24, 2.45) is 0 Å². The van der Waals surface area contributed by atoms with Crippen molar-refractivity contribution < 1.29 is 0 Å². The molecule has 0 N–H and O–H groups in total. The molecule has 0 aliphatic heterocycles. The molecule has 0 aromatic carbocycles. The predicted octanol–water partition coefficient (Wildman–Crippen LogP) is 6.08. The van der Waals surface area contributed by atoms with Crippen LogP contribution in [0.1, 0.15) is 55.4 Å². The highest BCUT2D eigenvalue weighted by Gasteiger charge is 2.40. The lowest BCUT2D eigenvalue weighted by molar-refractivity contribution is 0.939. The van der Waals surface area contributed by atoms with Gasteiger partial charge in [-0.3, -0.25) is 0 Å². The lowest BCUT2D eigenvalue weighted by Crippen LogP contribution is -2.37. The van der Waals surface area contributed by atoms with Gasteiger partial charge in [0.25, 0.3) is 0 Å². The van der Waals surface area contributed by atoms with Crippen LogP contribution in [0.4, 0.5) is 0 Å². The van der Waals surface area contributed by atoms with E-state index in [0.29, 0.717) is 22.2 Å². The van der Waals surface area contributed by atoms with E-state index in [0.717, 1.165) is 0 Å². The maximum atomic E-state index is 6.85. The summed E-state index contributed by atoms with van der Waals surface area (Å²) in [6.07, 6.45) is 0. The van der Waals surface area contributed by atoms with Crippen LogP contribution in [0.15, 0.2) is 0 Å². The van der Waals surface area contributed by atoms with Crippen LogP contribution >= 0.6 is 22.2 Å². The van der Waals surface area contributed by atoms with E-state index >= 15 is 0 Å². The zero-order valence-corrected chi connectivity index (χ0v) is 16.6. The van der Waals surface area contributed by atoms with Crippen molar-refractivity contribution in [2.75, 3.05) is 0 Å². The predicted molar refractivity (Wildman–Crippen MR) is 91.4 cm³/mol. The lowest BCUT2D eigenvalue weighted by atomic mass is 10.5. The van der Waals surface area contributed by atoms with Crippen LogP contribution in [0.5, 0.6) is 0 Å². The van der Waals surface area contributed by atoms with Crippen LogP contribution < -0.4 is 0 Å². The normalized spacial score (nSPS) is 13.4. The summed E-state index contributed by atoms with van der Waals surface area (Å²) in [5.74, 6) is 0. The van der Waals surface area contributed by atoms with Crippen molar-refractivity contribution in [2.45, 2.75) is 77.6 Å². The molecule has 0 fully saturated rings. The Morgan fingerprint density at radius 2 is 0.722 bits per heavy atom. The van der Waals surface area contributed by atoms with Crippen LogP contribution in [-0.2, 0) is 0 Å². The number of halogens is 2. The molecule has 0 bridgehead atoms. The van der Waals surface area contributed by atoms with Gasteiger partial charge in [0.15, 0.2) is 0 Å². The molecule has 0 aliphatic carbocycles. The fraction of sp³-hybridized carbons (Fsp3) is 0.857. The monoisotopic (exact) mass is 322 g/mol. The van der Waals surface area contributed by atoms with Crippen LogP contribution in [0.2, 0.25) is 22.2 Å². The highest BCUT2D eigenvalue weighted by Crippen LogP contribution is 2.38. The summed E-state index contributed by atoms with van der Waals surface area (Å²) in [4.78, 5) is 0. The largest absolute Gasteiger partial charge is 0.238 e. The molecular formula is C14H28Cl2Si2. The Morgan fingerprint density at radius 1 is 0.556 bits per heavy atom. The van der Waals surface area contributed by atoms with Crippen molar-refractivity contribution >= 4 is 36.9 Å². The molecule has 18 heavy (non-hydrogen) atoms. The van der Waals surface area contributed by atoms with Gasteiger partial charge in [0.1, 0.15) is 0 Å². The number of hydrogen-bond acceptors (Lipinski definition) is 0. The van der Waals surface area contributed by atoms with E-state index in [1.807, 2.05) is 0 Å². The van der Waals surface area contributed by atoms with Gasteiger partial charge in [0.05, 0.1) is 0 Å². The lowest BCUT2D eigenvalue weighted by Gasteiger charge is -2.30. The zero-order valence-electron chi connectivity index (χ0n) is 13.1. The van der Waals surface area contributed by atoms with Crippen LogP contribution in [0.3, 0.4) is 0 Å². The molecular weight excluding hydrogens is 295 g/mol. The van der Waals surface area contributed by atoms with Crippen LogP contribution in [-0.4, -0.2) is 14.8 Å². The van der Waals surface area contributed by atoms with Crippen molar-refractivity contribution in [1.29, 1.82) is 0 Å². The maximum Gasteiger partial charge on any atom is 0.238 e. The molecule has 0 atom stereocenters. The smallest absolute Gasteiger partial charge is 0.150 e. The molecule has 0 amide bonds. The molecule has 0 rings (SSSR count). The molecule has 0 spiro atoms. The Morgan fingerprint density at radius 3 is 0.833 bits per heavy atom. The molecule has 0 saturated heterocycles. The van der Waals surface area contributed by atoms with E-state index in [2.05, 4.69) is 66.5 Å². The molecule has 106 valence electrons. The van der Waals surface area contributed by atoms with E-state index in [1.54, 1.807) is 0 Å². The first-order valence-corrected chi connectivity index (χ1v) is 13.2. The highest BCUT2D eigenvalue weighted by molar-refractivity contribution is 7.29. The van der Waals surface area contributed by atoms with E-state index in [-0.39, 0.29) is 0 Å². The first kappa shape index (κ1) is 18.6. The summed E-state index contributed by atoms with van der Waals surface area (Å²) in [6, 6.07) is 0. The standard InChI is InChI=1S/C14H28Cl2Si2/c1-11(2)17(15,12(3)4)9-10-18(16,13(5)6)14(7)8/h11-14H,1-8H3. The molecule has 0 aromatic rings. The first-order valence-electron chi connectivity index (χ1n) is 6.90. The topological polar surface area (TPSA) is 0 Å². The molecule has 0 unspecified atom stereocenters. The maximum absolute atomic E-state index is 6.85. The Balaban J connectivity index is 5.47. The molecule has 0 aliphatic rings. The Labute approximate surface area is 125 Å². The van der Waals surface area contributed by atoms with Crippen molar-refractivity contribution in [3.63, 3.8) is 0 Å². The summed E-state index contributed by atoms with van der Waals surface area (Å²) < 4.78 is 0. The summed E-state index contributed by atoms with van der Waals surface area (Å²) in [5.41, 5.74) is 8.80. The second-order valence-corrected chi connectivity index (χ2v) is 18.3. The minimum absolute atomic E-state index is 0.459. The third kappa shape index (κ3) is 4.03. The van der Waals surface area contributed by atoms with Gasteiger partial charge in [0.2, 0.25) is 14.8 Å². The highest BCUT2D eigenvalue weighted by atomic mass is 35.6. The third-order valence-corrected chi connectivity index (χ3v) is 17.6. The Bertz CT molecular complexity index is 278. The fourth-order valence-electron chi connectivity index (χ4n) is 2.10. The molecule has 4 heteroatoms. The molecule has 0 heterocycles. The number of hydrogen-bond donors (Lipinski definition) is 0. The SMILES string of the molecule is CC(C)[Si](Cl)(C#C[Si](Cl)(C(C)C)C(C)C)C(C)C. The minimum Gasteiger partial charge on any atom is -0.150 e. The molecule has 0 aromatic heterocycles. The Hall–Kier alpha value is 0.574. The summed E-state index contributed by atoms with van der Waals surface area (Å²) in [6.45, 7) is 17.5. The third-order valence-electron chi connectivity index (χ3n) is 3.81. The first-order chi connectivity index (χ1) is 7.98. The van der Waals surface area contributed by atoms with Gasteiger partial charge in [-0.1, -0.05) is 55.4 Å². The van der Waals surface area contributed by atoms with Crippen LogP contribution in [0.25, 0.3) is 0 Å². The van der Waals surface area contributed by atoms with Gasteiger partial charge in [-0.2, -0.15) is 0 Å². The van der Waals surface area contributed by atoms with E-state index < -0.39 is 14.8 Å². The molecule has 0 nitrogen and oxygen atoms in total. The Kier molecular flexibility index (Phi) is 7.05. The molecule has 0 saturated carbocycles. The minimum atomic E-state index is -2.04. The summed E-state index contributed by atoms with van der Waals surface area (Å²) in [5, 5.41) is 0. The average Bonchev–Trinajstić information content (AvgIpc) is 2.23. The number of rotatable bonds is 4. The van der Waals surface area contributed by atoms with E-state index in [9.17, 15) is 0 Å².